The van der Waals surface area contributed by atoms with Gasteiger partial charge in [-0.1, -0.05) is 42.5 Å². The van der Waals surface area contributed by atoms with Gasteiger partial charge in [-0.15, -0.1) is 0 Å². The molecule has 0 saturated heterocycles. The second-order valence-electron chi connectivity index (χ2n) is 8.70. The number of fused-ring (bicyclic) bond motifs is 1. The van der Waals surface area contributed by atoms with Gasteiger partial charge in [0, 0.05) is 29.5 Å². The van der Waals surface area contributed by atoms with Crippen LogP contribution in [0.1, 0.15) is 29.4 Å². The summed E-state index contributed by atoms with van der Waals surface area (Å²) in [6.07, 6.45) is 1.24. The molecule has 0 fully saturated rings. The number of nitro groups is 1. The molecular formula is C29H18N8O4. The van der Waals surface area contributed by atoms with E-state index in [1.54, 1.807) is 31.2 Å². The zero-order valence-electron chi connectivity index (χ0n) is 21.3. The van der Waals surface area contributed by atoms with Crippen molar-refractivity contribution in [3.8, 4) is 29.0 Å². The molecule has 0 unspecified atom stereocenters. The Morgan fingerprint density at radius 2 is 1.80 bits per heavy atom. The summed E-state index contributed by atoms with van der Waals surface area (Å²) in [4.78, 5) is 36.4. The van der Waals surface area contributed by atoms with E-state index in [0.717, 1.165) is 10.2 Å². The quantitative estimate of drug-likeness (QED) is 0.176. The van der Waals surface area contributed by atoms with E-state index in [1.807, 2.05) is 30.3 Å². The Hall–Kier alpha value is -6.40. The summed E-state index contributed by atoms with van der Waals surface area (Å²) >= 11 is 0. The van der Waals surface area contributed by atoms with Crippen LogP contribution in [0, 0.1) is 32.8 Å². The first kappa shape index (κ1) is 26.2. The molecule has 0 amide bonds. The van der Waals surface area contributed by atoms with Crippen molar-refractivity contribution in [2.75, 3.05) is 0 Å². The molecule has 2 N–H and O–H groups in total. The first-order valence-corrected chi connectivity index (χ1v) is 12.0. The fourth-order valence-corrected chi connectivity index (χ4v) is 4.20. The summed E-state index contributed by atoms with van der Waals surface area (Å²) in [5, 5.41) is 46.4. The maximum Gasteiger partial charge on any atom is 0.291 e. The highest BCUT2D eigenvalue weighted by atomic mass is 16.6. The maximum absolute atomic E-state index is 13.7. The van der Waals surface area contributed by atoms with Crippen molar-refractivity contribution in [1.29, 1.82) is 10.5 Å². The molecule has 12 heteroatoms. The normalized spacial score (nSPS) is 11.4. The molecule has 3 aromatic carbocycles. The third-order valence-electron chi connectivity index (χ3n) is 6.13. The molecule has 0 atom stereocenters. The number of aromatic amines is 1. The summed E-state index contributed by atoms with van der Waals surface area (Å²) in [5.41, 5.74) is 0.200. The van der Waals surface area contributed by atoms with Crippen molar-refractivity contribution in [2.45, 2.75) is 6.92 Å². The van der Waals surface area contributed by atoms with E-state index in [0.29, 0.717) is 16.9 Å². The number of aliphatic imine (C=N–C) groups is 1. The van der Waals surface area contributed by atoms with Crippen LogP contribution in [0.15, 0.2) is 87.7 Å². The Balaban J connectivity index is 1.80. The molecule has 0 spiro atoms. The van der Waals surface area contributed by atoms with Crippen LogP contribution < -0.4 is 5.56 Å². The Labute approximate surface area is 231 Å². The van der Waals surface area contributed by atoms with Gasteiger partial charge in [0.1, 0.15) is 34.7 Å². The fraction of sp³-hybridized carbons (Fsp3) is 0.0345. The summed E-state index contributed by atoms with van der Waals surface area (Å²) in [6, 6.07) is 22.7. The number of phenols is 1. The Bertz CT molecular complexity index is 2030. The predicted octanol–water partition coefficient (Wildman–Crippen LogP) is 4.77. The van der Waals surface area contributed by atoms with Gasteiger partial charge in [-0.05, 0) is 30.7 Å². The van der Waals surface area contributed by atoms with E-state index in [4.69, 9.17) is 0 Å². The number of nitrogens with zero attached hydrogens (tertiary/aromatic N) is 7. The van der Waals surface area contributed by atoms with Crippen molar-refractivity contribution >= 4 is 34.5 Å². The number of benzene rings is 3. The van der Waals surface area contributed by atoms with Gasteiger partial charge < -0.3 is 10.1 Å². The SMILES string of the molecule is C/C(=N\n1c(N=Cc2cccc([N+](=O)[O-])c2)c(C#N)c(-c2ccccc2O)c(C#N)c1=O)c1nc2ccccc2[nH]1. The van der Waals surface area contributed by atoms with Crippen molar-refractivity contribution in [2.24, 2.45) is 10.1 Å². The summed E-state index contributed by atoms with van der Waals surface area (Å²) in [6.45, 7) is 1.59. The Morgan fingerprint density at radius 1 is 1.07 bits per heavy atom. The van der Waals surface area contributed by atoms with E-state index in [-0.39, 0.29) is 39.7 Å². The minimum atomic E-state index is -0.897. The zero-order chi connectivity index (χ0) is 29.1. The molecule has 2 heterocycles. The Kier molecular flexibility index (Phi) is 6.88. The van der Waals surface area contributed by atoms with Gasteiger partial charge in [0.05, 0.1) is 16.0 Å². The molecule has 0 saturated carbocycles. The number of hydrogen-bond donors (Lipinski definition) is 2. The third kappa shape index (κ3) is 4.92. The smallest absolute Gasteiger partial charge is 0.291 e. The van der Waals surface area contributed by atoms with Crippen LogP contribution in [0.2, 0.25) is 0 Å². The predicted molar refractivity (Wildman–Crippen MR) is 151 cm³/mol. The van der Waals surface area contributed by atoms with Crippen LogP contribution in [0.25, 0.3) is 22.2 Å². The van der Waals surface area contributed by atoms with Gasteiger partial charge in [-0.25, -0.2) is 9.98 Å². The number of aromatic hydroxyl groups is 1. The maximum atomic E-state index is 13.7. The standard InChI is InChI=1S/C29H18N8O4/c1-17(27-33-23-10-3-4-11-24(23)34-27)35-36-28(32-16-18-7-6-8-19(13-18)37(40)41)21(14-30)26(22(15-31)29(36)39)20-9-2-5-12-25(20)38/h2-13,16,38H,1H3,(H,33,34)/b32-16?,35-17+. The molecule has 41 heavy (non-hydrogen) atoms. The lowest BCUT2D eigenvalue weighted by Gasteiger charge is -2.14. The molecule has 0 bridgehead atoms. The lowest BCUT2D eigenvalue weighted by Crippen LogP contribution is -2.23. The number of phenolic OH excluding ortho intramolecular Hbond substituents is 1. The lowest BCUT2D eigenvalue weighted by molar-refractivity contribution is -0.384. The van der Waals surface area contributed by atoms with Gasteiger partial charge >= 0.3 is 0 Å². The molecule has 0 aliphatic carbocycles. The fourth-order valence-electron chi connectivity index (χ4n) is 4.20. The average Bonchev–Trinajstić information content (AvgIpc) is 3.42. The van der Waals surface area contributed by atoms with E-state index in [9.17, 15) is 30.5 Å². The molecular weight excluding hydrogens is 524 g/mol. The molecule has 12 nitrogen and oxygen atoms in total. The first-order valence-electron chi connectivity index (χ1n) is 12.0. The van der Waals surface area contributed by atoms with Crippen LogP contribution in [-0.2, 0) is 0 Å². The van der Waals surface area contributed by atoms with Crippen molar-refractivity contribution in [1.82, 2.24) is 14.6 Å². The molecule has 0 radical (unpaired) electrons. The van der Waals surface area contributed by atoms with E-state index < -0.39 is 16.0 Å². The number of nitrogens with one attached hydrogen (secondary N) is 1. The first-order chi connectivity index (χ1) is 19.8. The van der Waals surface area contributed by atoms with Crippen LogP contribution in [-0.4, -0.2) is 36.6 Å². The number of non-ortho nitro benzene ring substituents is 1. The molecule has 5 rings (SSSR count). The zero-order valence-corrected chi connectivity index (χ0v) is 21.3. The number of nitriles is 2. The second-order valence-corrected chi connectivity index (χ2v) is 8.70. The highest BCUT2D eigenvalue weighted by Gasteiger charge is 2.25. The topological polar surface area (TPSA) is 186 Å². The molecule has 5 aromatic rings. The number of aromatic nitrogens is 3. The van der Waals surface area contributed by atoms with Gasteiger partial charge in [-0.3, -0.25) is 14.9 Å². The van der Waals surface area contributed by atoms with Crippen molar-refractivity contribution in [3.05, 3.63) is 116 Å². The minimum Gasteiger partial charge on any atom is -0.507 e. The van der Waals surface area contributed by atoms with Crippen LogP contribution >= 0.6 is 0 Å². The monoisotopic (exact) mass is 542 g/mol. The molecule has 198 valence electrons. The van der Waals surface area contributed by atoms with E-state index >= 15 is 0 Å². The second kappa shape index (κ2) is 10.8. The van der Waals surface area contributed by atoms with Crippen molar-refractivity contribution in [3.63, 3.8) is 0 Å². The van der Waals surface area contributed by atoms with Gasteiger partial charge in [0.2, 0.25) is 0 Å². The minimum absolute atomic E-state index is 0.0784. The largest absolute Gasteiger partial charge is 0.507 e. The number of rotatable bonds is 6. The van der Waals surface area contributed by atoms with E-state index in [2.05, 4.69) is 20.1 Å². The summed E-state index contributed by atoms with van der Waals surface area (Å²) in [5.74, 6) is -0.168. The lowest BCUT2D eigenvalue weighted by atomic mass is 9.96. The number of para-hydroxylation sites is 3. The van der Waals surface area contributed by atoms with Gasteiger partial charge in [-0.2, -0.15) is 20.3 Å². The Morgan fingerprint density at radius 3 is 2.51 bits per heavy atom. The van der Waals surface area contributed by atoms with Gasteiger partial charge in [0.15, 0.2) is 11.6 Å². The highest BCUT2D eigenvalue weighted by Crippen LogP contribution is 2.36. The molecule has 0 aliphatic rings. The number of H-pyrrole nitrogens is 1. The average molecular weight is 543 g/mol. The van der Waals surface area contributed by atoms with Crippen LogP contribution in [0.3, 0.4) is 0 Å². The van der Waals surface area contributed by atoms with Crippen molar-refractivity contribution < 1.29 is 10.0 Å². The van der Waals surface area contributed by atoms with Gasteiger partial charge in [0.25, 0.3) is 11.2 Å². The number of hydrogen-bond acceptors (Lipinski definition) is 9. The number of pyridine rings is 1. The van der Waals surface area contributed by atoms with Crippen LogP contribution in [0.5, 0.6) is 5.75 Å². The number of nitro benzene ring substituents is 1. The molecule has 0 aliphatic heterocycles. The van der Waals surface area contributed by atoms with Crippen LogP contribution in [0.4, 0.5) is 11.5 Å². The summed E-state index contributed by atoms with van der Waals surface area (Å²) < 4.78 is 0.816. The van der Waals surface area contributed by atoms with E-state index in [1.165, 1.54) is 36.5 Å². The molecule has 2 aromatic heterocycles. The number of imidazole rings is 1. The highest BCUT2D eigenvalue weighted by molar-refractivity contribution is 5.98. The third-order valence-corrected chi connectivity index (χ3v) is 6.13. The summed E-state index contributed by atoms with van der Waals surface area (Å²) in [7, 11) is 0.